The highest BCUT2D eigenvalue weighted by molar-refractivity contribution is 6.04. The van der Waals surface area contributed by atoms with Crippen molar-refractivity contribution in [2.45, 2.75) is 70.4 Å². The second-order valence-corrected chi connectivity index (χ2v) is 7.81. The van der Waals surface area contributed by atoms with Crippen LogP contribution in [-0.2, 0) is 23.8 Å². The molecule has 0 spiro atoms. The van der Waals surface area contributed by atoms with Gasteiger partial charge >= 0.3 is 18.2 Å². The van der Waals surface area contributed by atoms with Crippen molar-refractivity contribution in [3.63, 3.8) is 0 Å². The number of ether oxygens (including phenoxy) is 3. The summed E-state index contributed by atoms with van der Waals surface area (Å²) in [5.41, 5.74) is -7.30. The number of esters is 1. The van der Waals surface area contributed by atoms with Gasteiger partial charge < -0.3 is 14.2 Å². The van der Waals surface area contributed by atoms with Gasteiger partial charge in [0.2, 0.25) is 5.67 Å². The Morgan fingerprint density at radius 2 is 1.40 bits per heavy atom. The Kier molecular flexibility index (Phi) is 5.23. The van der Waals surface area contributed by atoms with Crippen LogP contribution in [0.4, 0.5) is 14.0 Å². The molecular weight excluding hydrogens is 337 g/mol. The molecule has 1 aliphatic carbocycles. The lowest BCUT2D eigenvalue weighted by atomic mass is 10.1. The number of carbonyl (C=O) groups excluding carboxylic acids is 4. The van der Waals surface area contributed by atoms with Crippen LogP contribution in [0.25, 0.3) is 0 Å². The summed E-state index contributed by atoms with van der Waals surface area (Å²) in [6.45, 7) is 9.16. The molecule has 1 fully saturated rings. The third kappa shape index (κ3) is 4.08. The summed E-state index contributed by atoms with van der Waals surface area (Å²) in [5.74, 6) is -1.25. The molecule has 9 heteroatoms. The summed E-state index contributed by atoms with van der Waals surface area (Å²) in [5, 5.41) is 0. The molecule has 0 saturated heterocycles. The van der Waals surface area contributed by atoms with Crippen LogP contribution in [0.5, 0.6) is 0 Å². The van der Waals surface area contributed by atoms with Crippen molar-refractivity contribution < 1.29 is 37.8 Å². The maximum absolute atomic E-state index is 14.7. The topological polar surface area (TPSA) is 99.2 Å². The lowest BCUT2D eigenvalue weighted by Crippen LogP contribution is -2.57. The number of amides is 2. The molecule has 1 saturated carbocycles. The molecule has 0 heterocycles. The zero-order valence-electron chi connectivity index (χ0n) is 15.5. The van der Waals surface area contributed by atoms with E-state index in [1.54, 1.807) is 0 Å². The first-order chi connectivity index (χ1) is 11.1. The summed E-state index contributed by atoms with van der Waals surface area (Å²) in [6, 6.07) is 0. The second-order valence-electron chi connectivity index (χ2n) is 7.81. The number of hydrogen-bond donors (Lipinski definition) is 0. The van der Waals surface area contributed by atoms with Crippen LogP contribution in [0.3, 0.4) is 0 Å². The molecule has 0 aromatic rings. The maximum atomic E-state index is 14.7. The molecule has 2 amide bonds. The van der Waals surface area contributed by atoms with Gasteiger partial charge in [-0.1, -0.05) is 0 Å². The Balaban J connectivity index is 3.39. The number of rotatable bonds is 3. The number of halogens is 1. The van der Waals surface area contributed by atoms with E-state index in [9.17, 15) is 23.6 Å². The SMILES string of the molecule is COC(=O)C1(N(C(=O)OC(C)(C)C)C(=O)OC(C)(C)C)C[C@@]1(F)C=O. The van der Waals surface area contributed by atoms with Gasteiger partial charge in [0.25, 0.3) is 0 Å². The van der Waals surface area contributed by atoms with E-state index in [0.29, 0.717) is 0 Å². The first-order valence-electron chi connectivity index (χ1n) is 7.63. The number of imide groups is 1. The van der Waals surface area contributed by atoms with E-state index >= 15 is 0 Å². The standard InChI is InChI=1S/C16H24FNO7/c1-13(2,3)24-11(21)18(12(22)25-14(4,5)6)16(10(20)23-7)8-15(16,17)9-19/h9H,8H2,1-7H3/t15-,16?/m1/s1. The minimum Gasteiger partial charge on any atom is -0.467 e. The molecule has 142 valence electrons. The van der Waals surface area contributed by atoms with E-state index < -0.39 is 47.0 Å². The van der Waals surface area contributed by atoms with Crippen LogP contribution >= 0.6 is 0 Å². The van der Waals surface area contributed by atoms with Gasteiger partial charge in [0, 0.05) is 6.42 Å². The highest BCUT2D eigenvalue weighted by Crippen LogP contribution is 2.55. The highest BCUT2D eigenvalue weighted by atomic mass is 19.1. The number of aldehydes is 1. The van der Waals surface area contributed by atoms with Crippen LogP contribution in [0, 0.1) is 0 Å². The molecule has 8 nitrogen and oxygen atoms in total. The number of methoxy groups -OCH3 is 1. The Morgan fingerprint density at radius 3 is 1.64 bits per heavy atom. The quantitative estimate of drug-likeness (QED) is 0.432. The van der Waals surface area contributed by atoms with E-state index in [2.05, 4.69) is 4.74 Å². The van der Waals surface area contributed by atoms with Crippen LogP contribution < -0.4 is 0 Å². The lowest BCUT2D eigenvalue weighted by Gasteiger charge is -2.32. The van der Waals surface area contributed by atoms with E-state index in [-0.39, 0.29) is 11.2 Å². The summed E-state index contributed by atoms with van der Waals surface area (Å²) < 4.78 is 29.4. The van der Waals surface area contributed by atoms with Crippen molar-refractivity contribution >= 4 is 24.4 Å². The van der Waals surface area contributed by atoms with Crippen LogP contribution in [-0.4, -0.2) is 58.9 Å². The first kappa shape index (κ1) is 20.9. The van der Waals surface area contributed by atoms with E-state index in [1.165, 1.54) is 41.5 Å². The van der Waals surface area contributed by atoms with Gasteiger partial charge in [0.15, 0.2) is 11.8 Å². The molecule has 0 N–H and O–H groups in total. The van der Waals surface area contributed by atoms with Crippen molar-refractivity contribution in [3.8, 4) is 0 Å². The molecule has 0 aliphatic heterocycles. The molecular formula is C16H24FNO7. The number of carbonyl (C=O) groups is 4. The van der Waals surface area contributed by atoms with Gasteiger partial charge in [0.05, 0.1) is 7.11 Å². The predicted octanol–water partition coefficient (Wildman–Crippen LogP) is 2.38. The van der Waals surface area contributed by atoms with Crippen molar-refractivity contribution in [2.75, 3.05) is 7.11 Å². The fourth-order valence-corrected chi connectivity index (χ4v) is 2.24. The van der Waals surface area contributed by atoms with Crippen molar-refractivity contribution in [1.29, 1.82) is 0 Å². The molecule has 1 unspecified atom stereocenters. The van der Waals surface area contributed by atoms with Crippen molar-refractivity contribution in [2.24, 2.45) is 0 Å². The van der Waals surface area contributed by atoms with Crippen LogP contribution in [0.2, 0.25) is 0 Å². The van der Waals surface area contributed by atoms with Gasteiger partial charge in [-0.05, 0) is 41.5 Å². The van der Waals surface area contributed by atoms with Gasteiger partial charge in [-0.25, -0.2) is 18.8 Å². The minimum atomic E-state index is -2.77. The van der Waals surface area contributed by atoms with E-state index in [1.807, 2.05) is 0 Å². The summed E-state index contributed by atoms with van der Waals surface area (Å²) in [7, 11) is 0.954. The molecule has 2 atom stereocenters. The maximum Gasteiger partial charge on any atom is 0.421 e. The summed E-state index contributed by atoms with van der Waals surface area (Å²) in [4.78, 5) is 48.5. The number of nitrogens with zero attached hydrogens (tertiary/aromatic N) is 1. The Bertz CT molecular complexity index is 564. The zero-order valence-corrected chi connectivity index (χ0v) is 15.5. The zero-order chi connectivity index (χ0) is 19.8. The fraction of sp³-hybridized carbons (Fsp3) is 0.750. The third-order valence-electron chi connectivity index (χ3n) is 3.32. The van der Waals surface area contributed by atoms with Crippen molar-refractivity contribution in [1.82, 2.24) is 4.90 Å². The lowest BCUT2D eigenvalue weighted by molar-refractivity contribution is -0.151. The van der Waals surface area contributed by atoms with E-state index in [4.69, 9.17) is 9.47 Å². The Hall–Kier alpha value is -2.19. The van der Waals surface area contributed by atoms with Crippen molar-refractivity contribution in [3.05, 3.63) is 0 Å². The minimum absolute atomic E-state index is 0.133. The molecule has 0 radical (unpaired) electrons. The van der Waals surface area contributed by atoms with Crippen LogP contribution in [0.1, 0.15) is 48.0 Å². The van der Waals surface area contributed by atoms with Gasteiger partial charge in [-0.2, -0.15) is 4.90 Å². The smallest absolute Gasteiger partial charge is 0.421 e. The molecule has 0 aromatic carbocycles. The Morgan fingerprint density at radius 1 is 1.00 bits per heavy atom. The number of alkyl halides is 1. The first-order valence-corrected chi connectivity index (χ1v) is 7.63. The summed E-state index contributed by atoms with van der Waals surface area (Å²) >= 11 is 0. The fourth-order valence-electron chi connectivity index (χ4n) is 2.24. The molecule has 0 aromatic heterocycles. The molecule has 0 bridgehead atoms. The number of hydrogen-bond acceptors (Lipinski definition) is 7. The molecule has 1 aliphatic rings. The van der Waals surface area contributed by atoms with Gasteiger partial charge in [-0.3, -0.25) is 4.79 Å². The van der Waals surface area contributed by atoms with Gasteiger partial charge in [0.1, 0.15) is 11.2 Å². The molecule has 1 rings (SSSR count). The average molecular weight is 361 g/mol. The highest BCUT2D eigenvalue weighted by Gasteiger charge is 2.82. The van der Waals surface area contributed by atoms with Crippen LogP contribution in [0.15, 0.2) is 0 Å². The predicted molar refractivity (Wildman–Crippen MR) is 83.6 cm³/mol. The normalized spacial score (nSPS) is 25.6. The Labute approximate surface area is 145 Å². The molecule has 25 heavy (non-hydrogen) atoms. The summed E-state index contributed by atoms with van der Waals surface area (Å²) in [6.07, 6.45) is -3.48. The monoisotopic (exact) mass is 361 g/mol. The third-order valence-corrected chi connectivity index (χ3v) is 3.32. The van der Waals surface area contributed by atoms with Gasteiger partial charge in [-0.15, -0.1) is 0 Å². The largest absolute Gasteiger partial charge is 0.467 e. The second kappa shape index (κ2) is 6.27. The average Bonchev–Trinajstić information content (AvgIpc) is 3.01. The van der Waals surface area contributed by atoms with E-state index in [0.717, 1.165) is 7.11 Å².